The maximum atomic E-state index is 12.5. The smallest absolute Gasteiger partial charge is 0.235 e. The second kappa shape index (κ2) is 7.64. The van der Waals surface area contributed by atoms with Gasteiger partial charge in [-0.2, -0.15) is 5.10 Å². The van der Waals surface area contributed by atoms with Crippen LogP contribution in [0, 0.1) is 13.8 Å². The third-order valence-corrected chi connectivity index (χ3v) is 6.72. The van der Waals surface area contributed by atoms with Gasteiger partial charge in [0.25, 0.3) is 0 Å². The fourth-order valence-corrected chi connectivity index (χ4v) is 5.20. The van der Waals surface area contributed by atoms with Crippen LogP contribution in [0.5, 0.6) is 5.75 Å². The summed E-state index contributed by atoms with van der Waals surface area (Å²) < 4.78 is 8.11. The standard InChI is InChI=1S/C21H20BrN3O2S/c1-12-6-4-5-7-16(12)25-21-19(13(2)24-25)20(28-11-18(26)23-21)14-8-9-17(27-3)15(22)10-14/h4-10,20H,11H2,1-3H3,(H,23,26). The minimum Gasteiger partial charge on any atom is -0.496 e. The molecule has 0 radical (unpaired) electrons. The highest BCUT2D eigenvalue weighted by atomic mass is 79.9. The van der Waals surface area contributed by atoms with E-state index in [0.717, 1.165) is 44.1 Å². The number of amides is 1. The van der Waals surface area contributed by atoms with Crippen LogP contribution in [0.2, 0.25) is 0 Å². The van der Waals surface area contributed by atoms with Crippen molar-refractivity contribution in [2.75, 3.05) is 18.2 Å². The molecule has 1 amide bonds. The second-order valence-electron chi connectivity index (χ2n) is 6.68. The molecule has 4 rings (SSSR count). The predicted molar refractivity (Wildman–Crippen MR) is 117 cm³/mol. The Labute approximate surface area is 176 Å². The Hall–Kier alpha value is -2.25. The number of aryl methyl sites for hydroxylation is 2. The predicted octanol–water partition coefficient (Wildman–Crippen LogP) is 5.03. The fourth-order valence-electron chi connectivity index (χ4n) is 3.47. The molecule has 3 aromatic rings. The number of para-hydroxylation sites is 1. The highest BCUT2D eigenvalue weighted by molar-refractivity contribution is 9.10. The summed E-state index contributed by atoms with van der Waals surface area (Å²) in [6, 6.07) is 14.1. The first kappa shape index (κ1) is 19.1. The lowest BCUT2D eigenvalue weighted by atomic mass is 10.0. The third kappa shape index (κ3) is 3.33. The van der Waals surface area contributed by atoms with E-state index in [1.165, 1.54) is 0 Å². The monoisotopic (exact) mass is 457 g/mol. The van der Waals surface area contributed by atoms with Gasteiger partial charge in [-0.1, -0.05) is 24.3 Å². The summed E-state index contributed by atoms with van der Waals surface area (Å²) in [6.45, 7) is 4.04. The molecule has 1 atom stereocenters. The van der Waals surface area contributed by atoms with Crippen molar-refractivity contribution in [3.8, 4) is 11.4 Å². The maximum absolute atomic E-state index is 12.5. The van der Waals surface area contributed by atoms with Crippen molar-refractivity contribution >= 4 is 39.4 Å². The number of fused-ring (bicyclic) bond motifs is 1. The molecule has 0 spiro atoms. The number of benzene rings is 2. The number of methoxy groups -OCH3 is 1. The largest absolute Gasteiger partial charge is 0.496 e. The second-order valence-corrected chi connectivity index (χ2v) is 8.63. The molecule has 5 nitrogen and oxygen atoms in total. The molecule has 1 N–H and O–H groups in total. The zero-order valence-corrected chi connectivity index (χ0v) is 18.2. The van der Waals surface area contributed by atoms with Crippen LogP contribution < -0.4 is 10.1 Å². The maximum Gasteiger partial charge on any atom is 0.235 e. The van der Waals surface area contributed by atoms with Crippen molar-refractivity contribution in [3.05, 3.63) is 69.3 Å². The average molecular weight is 458 g/mol. The van der Waals surface area contributed by atoms with Gasteiger partial charge < -0.3 is 10.1 Å². The Kier molecular flexibility index (Phi) is 5.21. The molecule has 1 aliphatic heterocycles. The minimum absolute atomic E-state index is 0.00563. The lowest BCUT2D eigenvalue weighted by Crippen LogP contribution is -2.16. The van der Waals surface area contributed by atoms with Gasteiger partial charge in [0.05, 0.1) is 34.0 Å². The molecule has 7 heteroatoms. The van der Waals surface area contributed by atoms with Gasteiger partial charge in [-0.15, -0.1) is 11.8 Å². The van der Waals surface area contributed by atoms with E-state index in [4.69, 9.17) is 9.84 Å². The lowest BCUT2D eigenvalue weighted by Gasteiger charge is -2.17. The van der Waals surface area contributed by atoms with Gasteiger partial charge in [0.1, 0.15) is 11.6 Å². The number of thioether (sulfide) groups is 1. The Morgan fingerprint density at radius 2 is 2.04 bits per heavy atom. The van der Waals surface area contributed by atoms with Crippen molar-refractivity contribution < 1.29 is 9.53 Å². The van der Waals surface area contributed by atoms with Crippen LogP contribution in [0.3, 0.4) is 0 Å². The van der Waals surface area contributed by atoms with Crippen LogP contribution in [0.4, 0.5) is 5.82 Å². The molecular formula is C21H20BrN3O2S. The number of nitrogens with one attached hydrogen (secondary N) is 1. The summed E-state index contributed by atoms with van der Waals surface area (Å²) >= 11 is 5.19. The van der Waals surface area contributed by atoms with Crippen molar-refractivity contribution in [3.63, 3.8) is 0 Å². The topological polar surface area (TPSA) is 56.1 Å². The van der Waals surface area contributed by atoms with Gasteiger partial charge >= 0.3 is 0 Å². The van der Waals surface area contributed by atoms with E-state index in [1.807, 2.05) is 54.9 Å². The molecule has 2 aromatic carbocycles. The average Bonchev–Trinajstić information content (AvgIpc) is 2.87. The number of anilines is 1. The van der Waals surface area contributed by atoms with E-state index in [9.17, 15) is 4.79 Å². The van der Waals surface area contributed by atoms with Gasteiger partial charge in [-0.25, -0.2) is 4.68 Å². The molecule has 1 unspecified atom stereocenters. The van der Waals surface area contributed by atoms with Gasteiger partial charge in [-0.3, -0.25) is 4.79 Å². The molecule has 1 aromatic heterocycles. The number of carbonyl (C=O) groups is 1. The quantitative estimate of drug-likeness (QED) is 0.598. The van der Waals surface area contributed by atoms with E-state index in [2.05, 4.69) is 27.3 Å². The lowest BCUT2D eigenvalue weighted by molar-refractivity contribution is -0.113. The van der Waals surface area contributed by atoms with Crippen molar-refractivity contribution in [1.29, 1.82) is 0 Å². The van der Waals surface area contributed by atoms with Crippen molar-refractivity contribution in [2.24, 2.45) is 0 Å². The molecule has 2 heterocycles. The Morgan fingerprint density at radius 3 is 2.75 bits per heavy atom. The van der Waals surface area contributed by atoms with Crippen LogP contribution in [0.25, 0.3) is 5.69 Å². The molecule has 0 fully saturated rings. The number of carbonyl (C=O) groups excluding carboxylic acids is 1. The van der Waals surface area contributed by atoms with Gasteiger partial charge in [0.15, 0.2) is 0 Å². The summed E-state index contributed by atoms with van der Waals surface area (Å²) in [5.74, 6) is 1.90. The molecule has 144 valence electrons. The Bertz CT molecular complexity index is 1060. The number of aromatic nitrogens is 2. The third-order valence-electron chi connectivity index (χ3n) is 4.83. The number of hydrogen-bond acceptors (Lipinski definition) is 4. The molecule has 0 aliphatic carbocycles. The first-order chi connectivity index (χ1) is 13.5. The normalized spacial score (nSPS) is 16.3. The number of ether oxygens (including phenoxy) is 1. The minimum atomic E-state index is -0.0175. The van der Waals surface area contributed by atoms with Crippen LogP contribution in [0.15, 0.2) is 46.9 Å². The first-order valence-electron chi connectivity index (χ1n) is 8.90. The van der Waals surface area contributed by atoms with E-state index < -0.39 is 0 Å². The molecule has 0 saturated heterocycles. The summed E-state index contributed by atoms with van der Waals surface area (Å²) in [7, 11) is 1.65. The van der Waals surface area contributed by atoms with Crippen LogP contribution in [-0.4, -0.2) is 28.6 Å². The number of nitrogens with zero attached hydrogens (tertiary/aromatic N) is 2. The van der Waals surface area contributed by atoms with E-state index in [1.54, 1.807) is 18.9 Å². The SMILES string of the molecule is COc1ccc(C2SCC(=O)Nc3c2c(C)nn3-c2ccccc2C)cc1Br. The summed E-state index contributed by atoms with van der Waals surface area (Å²) in [5.41, 5.74) is 5.11. The van der Waals surface area contributed by atoms with Crippen LogP contribution in [-0.2, 0) is 4.79 Å². The molecule has 0 saturated carbocycles. The first-order valence-corrected chi connectivity index (χ1v) is 10.7. The highest BCUT2D eigenvalue weighted by Crippen LogP contribution is 2.45. The molecule has 0 bridgehead atoms. The zero-order chi connectivity index (χ0) is 19.8. The van der Waals surface area contributed by atoms with Crippen LogP contribution >= 0.6 is 27.7 Å². The summed E-state index contributed by atoms with van der Waals surface area (Å²) in [4.78, 5) is 12.5. The van der Waals surface area contributed by atoms with Gasteiger partial charge in [0.2, 0.25) is 5.91 Å². The zero-order valence-electron chi connectivity index (χ0n) is 15.8. The van der Waals surface area contributed by atoms with E-state index in [-0.39, 0.29) is 11.2 Å². The summed E-state index contributed by atoms with van der Waals surface area (Å²) in [6.07, 6.45) is 0. The van der Waals surface area contributed by atoms with Crippen molar-refractivity contribution in [2.45, 2.75) is 19.1 Å². The molecular weight excluding hydrogens is 438 g/mol. The molecule has 28 heavy (non-hydrogen) atoms. The van der Waals surface area contributed by atoms with Gasteiger partial charge in [-0.05, 0) is 59.1 Å². The summed E-state index contributed by atoms with van der Waals surface area (Å²) in [5, 5.41) is 7.86. The highest BCUT2D eigenvalue weighted by Gasteiger charge is 2.31. The molecule has 1 aliphatic rings. The Morgan fingerprint density at radius 1 is 1.25 bits per heavy atom. The van der Waals surface area contributed by atoms with Crippen LogP contribution in [0.1, 0.15) is 27.6 Å². The van der Waals surface area contributed by atoms with Crippen molar-refractivity contribution in [1.82, 2.24) is 9.78 Å². The fraction of sp³-hybridized carbons (Fsp3) is 0.238. The number of rotatable bonds is 3. The number of halogens is 1. The van der Waals surface area contributed by atoms with Gasteiger partial charge in [0, 0.05) is 5.56 Å². The Balaban J connectivity index is 1.89. The van der Waals surface area contributed by atoms with E-state index in [0.29, 0.717) is 5.75 Å². The number of hydrogen-bond donors (Lipinski definition) is 1. The van der Waals surface area contributed by atoms with E-state index >= 15 is 0 Å².